The molecule has 0 spiro atoms. The third-order valence-corrected chi connectivity index (χ3v) is 5.34. The second-order valence-electron chi connectivity index (χ2n) is 6.72. The van der Waals surface area contributed by atoms with Crippen LogP contribution in [0.3, 0.4) is 0 Å². The van der Waals surface area contributed by atoms with Crippen LogP contribution in [0.1, 0.15) is 5.56 Å². The number of aliphatic hydroxyl groups is 2. The molecular weight excluding hydrogens is 391 g/mol. The summed E-state index contributed by atoms with van der Waals surface area (Å²) in [6, 6.07) is 0. The lowest BCUT2D eigenvalue weighted by molar-refractivity contribution is -0.239. The number of aromatic amines is 1. The maximum absolute atomic E-state index is 15.5. The van der Waals surface area contributed by atoms with Crippen molar-refractivity contribution in [2.45, 2.75) is 36.0 Å². The highest BCUT2D eigenvalue weighted by molar-refractivity contribution is 7.71. The van der Waals surface area contributed by atoms with Gasteiger partial charge in [0, 0.05) is 11.8 Å². The van der Waals surface area contributed by atoms with Gasteiger partial charge in [0.15, 0.2) is 12.6 Å². The second-order valence-corrected chi connectivity index (χ2v) is 8.28. The van der Waals surface area contributed by atoms with E-state index in [2.05, 4.69) is 9.51 Å². The highest BCUT2D eigenvalue weighted by Crippen LogP contribution is 2.51. The fraction of sp³-hybridized carbons (Fsp3) is 0.600. The zero-order valence-electron chi connectivity index (χ0n) is 14.3. The van der Waals surface area contributed by atoms with E-state index in [1.54, 1.807) is 0 Å². The second kappa shape index (κ2) is 6.38. The van der Waals surface area contributed by atoms with Gasteiger partial charge in [-0.25, -0.2) is 8.96 Å². The average Bonchev–Trinajstić information content (AvgIpc) is 2.63. The largest absolute Gasteiger partial charge is 0.468 e. The summed E-state index contributed by atoms with van der Waals surface area (Å²) in [4.78, 5) is 32.0. The Labute approximate surface area is 154 Å². The maximum atomic E-state index is 15.5. The summed E-state index contributed by atoms with van der Waals surface area (Å²) < 4.78 is 37.2. The first kappa shape index (κ1) is 21.5. The average molecular weight is 408 g/mol. The lowest BCUT2D eigenvalue weighted by Gasteiger charge is -2.40. The number of ether oxygens (including phenoxy) is 1. The number of H-pyrrole nitrogens is 1. The first-order valence-electron chi connectivity index (χ1n) is 7.40. The molecule has 1 saturated heterocycles. The van der Waals surface area contributed by atoms with Gasteiger partial charge in [-0.15, -0.1) is 0 Å². The third kappa shape index (κ3) is 3.38. The third-order valence-electron chi connectivity index (χ3n) is 4.35. The van der Waals surface area contributed by atoms with Crippen molar-refractivity contribution in [2.24, 2.45) is 0 Å². The van der Waals surface area contributed by atoms with Crippen molar-refractivity contribution in [3.05, 3.63) is 26.9 Å². The van der Waals surface area contributed by atoms with E-state index in [0.29, 0.717) is 0 Å². The van der Waals surface area contributed by atoms with E-state index in [0.717, 1.165) is 20.3 Å². The van der Waals surface area contributed by atoms with Gasteiger partial charge in [0.05, 0.1) is 5.40 Å². The number of nitrogens with zero attached hydrogens (tertiary/aromatic N) is 1. The van der Waals surface area contributed by atoms with E-state index in [1.807, 2.05) is 0 Å². The molecule has 1 fully saturated rings. The van der Waals surface area contributed by atoms with Crippen molar-refractivity contribution in [1.29, 1.82) is 0 Å². The molecule has 142 valence electrons. The van der Waals surface area contributed by atoms with Crippen LogP contribution in [-0.4, -0.2) is 76.6 Å². The molecule has 0 bridgehead atoms. The summed E-state index contributed by atoms with van der Waals surface area (Å²) in [5, 5.41) is 18.3. The molecule has 16 heteroatoms. The predicted molar refractivity (Wildman–Crippen MR) is 97.0 cm³/mol. The Bertz CT molecular complexity index is 892. The van der Waals surface area contributed by atoms with Gasteiger partial charge in [0.25, 0.3) is 11.4 Å². The van der Waals surface area contributed by atoms with E-state index in [9.17, 15) is 19.6 Å². The summed E-state index contributed by atoms with van der Waals surface area (Å²) in [7, 11) is -2.06. The molecule has 0 amide bonds. The van der Waals surface area contributed by atoms with Crippen LogP contribution < -0.4 is 5.56 Å². The zero-order valence-corrected chi connectivity index (χ0v) is 16.0. The van der Waals surface area contributed by atoms with Crippen molar-refractivity contribution in [2.75, 3.05) is 0 Å². The monoisotopic (exact) mass is 408 g/mol. The minimum Gasteiger partial charge on any atom is -0.386 e. The van der Waals surface area contributed by atoms with Crippen LogP contribution in [0.15, 0.2) is 11.0 Å². The van der Waals surface area contributed by atoms with Crippen LogP contribution in [0.25, 0.3) is 0 Å². The Kier molecular flexibility index (Phi) is 5.28. The van der Waals surface area contributed by atoms with Crippen LogP contribution in [-0.2, 0) is 19.4 Å². The molecule has 26 heavy (non-hydrogen) atoms. The Hall–Kier alpha value is -0.785. The molecule has 0 saturated carbocycles. The number of rotatable bonds is 4. The van der Waals surface area contributed by atoms with Crippen molar-refractivity contribution in [3.63, 3.8) is 0 Å². The Morgan fingerprint density at radius 3 is 2.50 bits per heavy atom. The molecule has 1 aromatic rings. The SMILES string of the molecule is BC(B)(OP(=O)(O)O)[C@@]1(F)O[C@@](B)(n2cc(C)c(=O)[nH]c2=S)[C@H](O)[C@@H]1O. The number of phosphoric acid groups is 1. The number of phosphoric ester groups is 1. The molecule has 0 unspecified atom stereocenters. The van der Waals surface area contributed by atoms with Crippen molar-refractivity contribution in [1.82, 2.24) is 9.55 Å². The summed E-state index contributed by atoms with van der Waals surface area (Å²) in [5.74, 6) is -3.22. The number of hydrogen-bond donors (Lipinski definition) is 5. The van der Waals surface area contributed by atoms with Gasteiger partial charge < -0.3 is 29.3 Å². The van der Waals surface area contributed by atoms with Crippen LogP contribution >= 0.6 is 20.0 Å². The lowest BCUT2D eigenvalue weighted by Crippen LogP contribution is -2.60. The topological polar surface area (TPSA) is 154 Å². The van der Waals surface area contributed by atoms with Crippen molar-refractivity contribution >= 4 is 43.6 Å². The van der Waals surface area contributed by atoms with Crippen molar-refractivity contribution < 1.29 is 38.2 Å². The zero-order chi connectivity index (χ0) is 20.3. The summed E-state index contributed by atoms with van der Waals surface area (Å²) in [5.41, 5.74) is -2.33. The van der Waals surface area contributed by atoms with Gasteiger partial charge in [0.2, 0.25) is 0 Å². The molecular formula is C10H17B3FN2O8PS. The van der Waals surface area contributed by atoms with Crippen LogP contribution in [0.2, 0.25) is 0 Å². The van der Waals surface area contributed by atoms with Gasteiger partial charge >= 0.3 is 7.82 Å². The van der Waals surface area contributed by atoms with Crippen LogP contribution in [0, 0.1) is 11.7 Å². The Balaban J connectivity index is 2.59. The normalized spacial score (nSPS) is 32.7. The summed E-state index contributed by atoms with van der Waals surface area (Å²) in [6.45, 7) is 1.44. The quantitative estimate of drug-likeness (QED) is 0.190. The molecule has 1 aromatic heterocycles. The van der Waals surface area contributed by atoms with Crippen molar-refractivity contribution in [3.8, 4) is 0 Å². The van der Waals surface area contributed by atoms with Gasteiger partial charge in [-0.2, -0.15) is 0 Å². The lowest BCUT2D eigenvalue weighted by atomic mass is 9.59. The smallest absolute Gasteiger partial charge is 0.386 e. The van der Waals surface area contributed by atoms with Gasteiger partial charge in [-0.1, -0.05) is 0 Å². The maximum Gasteiger partial charge on any atom is 0.468 e. The molecule has 1 aliphatic heterocycles. The summed E-state index contributed by atoms with van der Waals surface area (Å²) >= 11 is 5.01. The Morgan fingerprint density at radius 2 is 2.00 bits per heavy atom. The Morgan fingerprint density at radius 1 is 1.46 bits per heavy atom. The van der Waals surface area contributed by atoms with E-state index in [1.165, 1.54) is 21.0 Å². The minimum atomic E-state index is -5.15. The molecule has 5 N–H and O–H groups in total. The fourth-order valence-corrected chi connectivity index (χ4v) is 3.89. The number of aryl methyl sites for hydroxylation is 1. The van der Waals surface area contributed by atoms with E-state index in [-0.39, 0.29) is 10.3 Å². The molecule has 1 aliphatic rings. The number of aromatic nitrogens is 2. The van der Waals surface area contributed by atoms with Gasteiger partial charge in [-0.3, -0.25) is 14.3 Å². The molecule has 4 atom stereocenters. The molecule has 2 heterocycles. The molecule has 0 aliphatic carbocycles. The number of aliphatic hydroxyl groups excluding tert-OH is 2. The number of halogens is 1. The highest BCUT2D eigenvalue weighted by atomic mass is 32.1. The fourth-order valence-electron chi connectivity index (χ4n) is 2.84. The van der Waals surface area contributed by atoms with Gasteiger partial charge in [-0.05, 0) is 19.1 Å². The standard InChI is InChI=1S/C10H17B3FN2O8PS/c1-3-2-16(7(26)15-6(3)19)9(11)5(18)4(17)8(14,23-9)10(12,13)24-25(20,21)22/h2,4-5,17-18H,11-13H2,1H3,(H,15,19,26)(H2,20,21,22)/t4-,5+,8-,9-/m0/s1. The minimum absolute atomic E-state index is 0.173. The van der Waals surface area contributed by atoms with E-state index < -0.39 is 42.5 Å². The van der Waals surface area contributed by atoms with Crippen LogP contribution in [0.4, 0.5) is 4.39 Å². The van der Waals surface area contributed by atoms with Crippen LogP contribution in [0.5, 0.6) is 0 Å². The molecule has 10 nitrogen and oxygen atoms in total. The summed E-state index contributed by atoms with van der Waals surface area (Å²) in [6.07, 6.45) is -2.95. The van der Waals surface area contributed by atoms with E-state index in [4.69, 9.17) is 26.7 Å². The number of hydrogen-bond acceptors (Lipinski definition) is 7. The van der Waals surface area contributed by atoms with Gasteiger partial charge in [0.1, 0.15) is 33.5 Å². The predicted octanol–water partition coefficient (Wildman–Crippen LogP) is -4.10. The number of alkyl halides is 1. The molecule has 0 aromatic carbocycles. The first-order chi connectivity index (χ1) is 11.5. The highest BCUT2D eigenvalue weighted by Gasteiger charge is 2.68. The molecule has 2 rings (SSSR count). The number of nitrogens with one attached hydrogen (secondary N) is 1. The first-order valence-corrected chi connectivity index (χ1v) is 9.33. The van der Waals surface area contributed by atoms with E-state index >= 15 is 4.39 Å². The molecule has 0 radical (unpaired) electrons.